The van der Waals surface area contributed by atoms with Gasteiger partial charge >= 0.3 is 0 Å². The van der Waals surface area contributed by atoms with Crippen LogP contribution in [0.15, 0.2) is 11.1 Å². The molecule has 0 atom stereocenters. The van der Waals surface area contributed by atoms with Crippen LogP contribution in [0.5, 0.6) is 0 Å². The Bertz CT molecular complexity index is 778. The molecular formula is C17H25N3O4S. The summed E-state index contributed by atoms with van der Waals surface area (Å²) < 4.78 is 1.60. The molecule has 25 heavy (non-hydrogen) atoms. The second-order valence-corrected chi connectivity index (χ2v) is 6.93. The van der Waals surface area contributed by atoms with Crippen molar-refractivity contribution in [3.63, 3.8) is 0 Å². The SMILES string of the molecule is CCCCCn1cnc2sc(C(=O)N(CCO)CCO)c(C)c2c1=O. The molecule has 2 aromatic rings. The first-order chi connectivity index (χ1) is 12.0. The largest absolute Gasteiger partial charge is 0.395 e. The van der Waals surface area contributed by atoms with E-state index in [-0.39, 0.29) is 37.8 Å². The molecule has 0 radical (unpaired) electrons. The number of aryl methyl sites for hydroxylation is 2. The average Bonchev–Trinajstić information content (AvgIpc) is 2.94. The van der Waals surface area contributed by atoms with Crippen molar-refractivity contribution in [1.29, 1.82) is 0 Å². The average molecular weight is 367 g/mol. The van der Waals surface area contributed by atoms with Crippen molar-refractivity contribution in [3.8, 4) is 0 Å². The molecule has 0 aromatic carbocycles. The van der Waals surface area contributed by atoms with Crippen molar-refractivity contribution in [2.24, 2.45) is 0 Å². The summed E-state index contributed by atoms with van der Waals surface area (Å²) in [7, 11) is 0. The van der Waals surface area contributed by atoms with Crippen molar-refractivity contribution in [3.05, 3.63) is 27.1 Å². The second kappa shape index (κ2) is 9.07. The van der Waals surface area contributed by atoms with E-state index in [4.69, 9.17) is 10.2 Å². The Balaban J connectivity index is 2.40. The quantitative estimate of drug-likeness (QED) is 0.653. The Labute approximate surface area is 150 Å². The smallest absolute Gasteiger partial charge is 0.264 e. The molecule has 2 heterocycles. The van der Waals surface area contributed by atoms with Gasteiger partial charge in [0.05, 0.1) is 29.8 Å². The van der Waals surface area contributed by atoms with Crippen LogP contribution in [0.4, 0.5) is 0 Å². The van der Waals surface area contributed by atoms with Crippen LogP contribution >= 0.6 is 11.3 Å². The summed E-state index contributed by atoms with van der Waals surface area (Å²) in [6.07, 6.45) is 4.59. The molecule has 0 saturated heterocycles. The number of hydrogen-bond acceptors (Lipinski definition) is 6. The summed E-state index contributed by atoms with van der Waals surface area (Å²) in [6.45, 7) is 4.40. The zero-order chi connectivity index (χ0) is 18.4. The lowest BCUT2D eigenvalue weighted by Gasteiger charge is -2.20. The fourth-order valence-electron chi connectivity index (χ4n) is 2.75. The third-order valence-corrected chi connectivity index (χ3v) is 5.33. The topological polar surface area (TPSA) is 95.7 Å². The summed E-state index contributed by atoms with van der Waals surface area (Å²) >= 11 is 1.18. The van der Waals surface area contributed by atoms with E-state index >= 15 is 0 Å². The number of rotatable bonds is 9. The van der Waals surface area contributed by atoms with E-state index in [0.717, 1.165) is 19.3 Å². The van der Waals surface area contributed by atoms with E-state index in [0.29, 0.717) is 27.2 Å². The summed E-state index contributed by atoms with van der Waals surface area (Å²) in [5, 5.41) is 18.7. The van der Waals surface area contributed by atoms with E-state index in [1.807, 2.05) is 0 Å². The molecule has 0 aliphatic carbocycles. The number of thiophene rings is 1. The Kier molecular flexibility index (Phi) is 7.10. The lowest BCUT2D eigenvalue weighted by molar-refractivity contribution is 0.0689. The summed E-state index contributed by atoms with van der Waals surface area (Å²) in [4.78, 5) is 32.1. The highest BCUT2D eigenvalue weighted by molar-refractivity contribution is 7.20. The highest BCUT2D eigenvalue weighted by Crippen LogP contribution is 2.28. The lowest BCUT2D eigenvalue weighted by atomic mass is 10.2. The van der Waals surface area contributed by atoms with Crippen LogP contribution in [0.1, 0.15) is 41.4 Å². The maximum atomic E-state index is 12.7. The number of carbonyl (C=O) groups excluding carboxylic acids is 1. The van der Waals surface area contributed by atoms with Crippen molar-refractivity contribution < 1.29 is 15.0 Å². The molecular weight excluding hydrogens is 342 g/mol. The monoisotopic (exact) mass is 367 g/mol. The molecule has 8 heteroatoms. The van der Waals surface area contributed by atoms with Crippen LogP contribution in [0.2, 0.25) is 0 Å². The van der Waals surface area contributed by atoms with Crippen molar-refractivity contribution in [2.75, 3.05) is 26.3 Å². The molecule has 2 rings (SSSR count). The molecule has 138 valence electrons. The Hall–Kier alpha value is -1.77. The third kappa shape index (κ3) is 4.26. The van der Waals surface area contributed by atoms with Gasteiger partial charge in [-0.2, -0.15) is 0 Å². The third-order valence-electron chi connectivity index (χ3n) is 4.14. The number of fused-ring (bicyclic) bond motifs is 1. The molecule has 2 N–H and O–H groups in total. The van der Waals surface area contributed by atoms with Crippen LogP contribution in [0.3, 0.4) is 0 Å². The Morgan fingerprint density at radius 3 is 2.56 bits per heavy atom. The van der Waals surface area contributed by atoms with Gasteiger partial charge in [0.15, 0.2) is 0 Å². The van der Waals surface area contributed by atoms with Gasteiger partial charge in [-0.15, -0.1) is 11.3 Å². The number of hydrogen-bond donors (Lipinski definition) is 2. The fraction of sp³-hybridized carbons (Fsp3) is 0.588. The van der Waals surface area contributed by atoms with Crippen LogP contribution in [0.25, 0.3) is 10.2 Å². The number of unbranched alkanes of at least 4 members (excludes halogenated alkanes) is 2. The highest BCUT2D eigenvalue weighted by Gasteiger charge is 2.23. The number of aliphatic hydroxyl groups is 2. The fourth-order valence-corrected chi connectivity index (χ4v) is 3.86. The van der Waals surface area contributed by atoms with Gasteiger partial charge in [0.25, 0.3) is 11.5 Å². The predicted octanol–water partition coefficient (Wildman–Crippen LogP) is 1.38. The minimum atomic E-state index is -0.291. The summed E-state index contributed by atoms with van der Waals surface area (Å²) in [5.74, 6) is -0.291. The lowest BCUT2D eigenvalue weighted by Crippen LogP contribution is -2.35. The van der Waals surface area contributed by atoms with Gasteiger partial charge < -0.3 is 15.1 Å². The van der Waals surface area contributed by atoms with E-state index in [2.05, 4.69) is 11.9 Å². The molecule has 0 aliphatic heterocycles. The first-order valence-electron chi connectivity index (χ1n) is 8.54. The van der Waals surface area contributed by atoms with Gasteiger partial charge in [-0.3, -0.25) is 14.2 Å². The molecule has 7 nitrogen and oxygen atoms in total. The summed E-state index contributed by atoms with van der Waals surface area (Å²) in [6, 6.07) is 0. The number of aliphatic hydroxyl groups excluding tert-OH is 2. The van der Waals surface area contributed by atoms with E-state index in [1.54, 1.807) is 17.8 Å². The molecule has 2 aromatic heterocycles. The molecule has 0 unspecified atom stereocenters. The summed E-state index contributed by atoms with van der Waals surface area (Å²) in [5.41, 5.74) is 0.498. The number of carbonyl (C=O) groups is 1. The number of nitrogens with zero attached hydrogens (tertiary/aromatic N) is 3. The van der Waals surface area contributed by atoms with Gasteiger partial charge in [-0.1, -0.05) is 19.8 Å². The zero-order valence-electron chi connectivity index (χ0n) is 14.7. The molecule has 0 fully saturated rings. The number of amides is 1. The van der Waals surface area contributed by atoms with Crippen molar-refractivity contribution >= 4 is 27.5 Å². The van der Waals surface area contributed by atoms with E-state index in [1.165, 1.54) is 16.2 Å². The van der Waals surface area contributed by atoms with Crippen LogP contribution in [-0.2, 0) is 6.54 Å². The molecule has 0 aliphatic rings. The minimum Gasteiger partial charge on any atom is -0.395 e. The van der Waals surface area contributed by atoms with Crippen molar-refractivity contribution in [1.82, 2.24) is 14.5 Å². The normalized spacial score (nSPS) is 11.2. The number of aromatic nitrogens is 2. The molecule has 0 spiro atoms. The van der Waals surface area contributed by atoms with Crippen LogP contribution in [0, 0.1) is 6.92 Å². The van der Waals surface area contributed by atoms with Crippen LogP contribution < -0.4 is 5.56 Å². The molecule has 1 amide bonds. The molecule has 0 bridgehead atoms. The highest BCUT2D eigenvalue weighted by atomic mass is 32.1. The first-order valence-corrected chi connectivity index (χ1v) is 9.36. The zero-order valence-corrected chi connectivity index (χ0v) is 15.5. The first kappa shape index (κ1) is 19.6. The maximum absolute atomic E-state index is 12.7. The molecule has 0 saturated carbocycles. The minimum absolute atomic E-state index is 0.121. The van der Waals surface area contributed by atoms with Gasteiger partial charge in [-0.05, 0) is 18.9 Å². The van der Waals surface area contributed by atoms with Crippen LogP contribution in [-0.4, -0.2) is 56.9 Å². The Morgan fingerprint density at radius 2 is 1.96 bits per heavy atom. The van der Waals surface area contributed by atoms with Crippen molar-refractivity contribution in [2.45, 2.75) is 39.7 Å². The van der Waals surface area contributed by atoms with Gasteiger partial charge in [0.2, 0.25) is 0 Å². The van der Waals surface area contributed by atoms with E-state index in [9.17, 15) is 9.59 Å². The van der Waals surface area contributed by atoms with E-state index < -0.39 is 0 Å². The van der Waals surface area contributed by atoms with Gasteiger partial charge in [0, 0.05) is 19.6 Å². The standard InChI is InChI=1S/C17H25N3O4S/c1-3-4-5-6-20-11-18-15-13(16(20)23)12(2)14(25-15)17(24)19(7-9-21)8-10-22/h11,21-22H,3-10H2,1-2H3. The van der Waals surface area contributed by atoms with Gasteiger partial charge in [-0.25, -0.2) is 4.98 Å². The maximum Gasteiger partial charge on any atom is 0.264 e. The second-order valence-electron chi connectivity index (χ2n) is 5.93. The Morgan fingerprint density at radius 1 is 1.28 bits per heavy atom. The van der Waals surface area contributed by atoms with Gasteiger partial charge in [0.1, 0.15) is 4.83 Å². The predicted molar refractivity (Wildman–Crippen MR) is 98.2 cm³/mol.